The largest absolute Gasteiger partial charge is 0.354 e. The SMILES string of the molecule is [CH]CNc1nc(NC[CH])nc(NC[CH])n1. The molecule has 0 saturated carbocycles. The quantitative estimate of drug-likeness (QED) is 0.616. The van der Waals surface area contributed by atoms with Gasteiger partial charge in [0.25, 0.3) is 0 Å². The van der Waals surface area contributed by atoms with E-state index in [9.17, 15) is 0 Å². The monoisotopic (exact) mass is 204 g/mol. The standard InChI is InChI=1S/C9H12N6/c1-4-10-7-13-8(11-5-2)15-9(14-7)12-6-3/h1-3H,4-6H2,(H3,10,11,12,13,14,15). The molecule has 6 nitrogen and oxygen atoms in total. The summed E-state index contributed by atoms with van der Waals surface area (Å²) in [6.07, 6.45) is 0. The van der Waals surface area contributed by atoms with Crippen molar-refractivity contribution in [3.63, 3.8) is 0 Å². The minimum Gasteiger partial charge on any atom is -0.354 e. The molecular formula is C9H12N6. The van der Waals surface area contributed by atoms with Crippen molar-refractivity contribution in [2.75, 3.05) is 35.6 Å². The molecule has 1 heterocycles. The molecule has 0 aromatic carbocycles. The molecule has 3 N–H and O–H groups in total. The smallest absolute Gasteiger partial charge is 0.229 e. The Kier molecular flexibility index (Phi) is 4.59. The number of nitrogens with one attached hydrogen (secondary N) is 3. The van der Waals surface area contributed by atoms with E-state index >= 15 is 0 Å². The first-order valence-electron chi connectivity index (χ1n) is 4.38. The Balaban J connectivity index is 2.86. The van der Waals surface area contributed by atoms with Crippen molar-refractivity contribution in [2.45, 2.75) is 0 Å². The molecule has 0 atom stereocenters. The molecule has 0 aliphatic carbocycles. The molecule has 1 rings (SSSR count). The molecule has 15 heavy (non-hydrogen) atoms. The Labute approximate surface area is 89.9 Å². The average Bonchev–Trinajstić information content (AvgIpc) is 2.19. The van der Waals surface area contributed by atoms with Gasteiger partial charge in [-0.05, 0) is 20.8 Å². The number of anilines is 3. The minimum absolute atomic E-state index is 0.230. The van der Waals surface area contributed by atoms with E-state index in [2.05, 4.69) is 30.9 Å². The molecule has 0 spiro atoms. The van der Waals surface area contributed by atoms with Crippen LogP contribution in [0.3, 0.4) is 0 Å². The molecule has 0 bridgehead atoms. The Morgan fingerprint density at radius 3 is 1.13 bits per heavy atom. The van der Waals surface area contributed by atoms with E-state index in [1.807, 2.05) is 0 Å². The summed E-state index contributed by atoms with van der Waals surface area (Å²) in [6.45, 7) is 16.6. The van der Waals surface area contributed by atoms with Crippen LogP contribution in [0.5, 0.6) is 0 Å². The van der Waals surface area contributed by atoms with Gasteiger partial charge in [-0.2, -0.15) is 15.0 Å². The van der Waals surface area contributed by atoms with Gasteiger partial charge in [-0.25, -0.2) is 0 Å². The molecule has 6 heteroatoms. The van der Waals surface area contributed by atoms with Crippen LogP contribution in [0.25, 0.3) is 0 Å². The second-order valence-corrected chi connectivity index (χ2v) is 2.45. The van der Waals surface area contributed by atoms with Gasteiger partial charge < -0.3 is 16.0 Å². The molecule has 0 aliphatic rings. The van der Waals surface area contributed by atoms with Crippen molar-refractivity contribution in [3.8, 4) is 0 Å². The van der Waals surface area contributed by atoms with Gasteiger partial charge in [0.1, 0.15) is 0 Å². The van der Waals surface area contributed by atoms with Crippen LogP contribution in [0, 0.1) is 20.8 Å². The van der Waals surface area contributed by atoms with E-state index in [1.54, 1.807) is 0 Å². The van der Waals surface area contributed by atoms with Crippen LogP contribution < -0.4 is 16.0 Å². The number of hydrogen-bond acceptors (Lipinski definition) is 6. The van der Waals surface area contributed by atoms with E-state index in [-0.39, 0.29) is 19.6 Å². The summed E-state index contributed by atoms with van der Waals surface area (Å²) in [6, 6.07) is 0. The predicted octanol–water partition coefficient (Wildman–Crippen LogP) is 0.241. The molecule has 0 amide bonds. The third-order valence-electron chi connectivity index (χ3n) is 1.42. The van der Waals surface area contributed by atoms with Gasteiger partial charge in [0, 0.05) is 19.6 Å². The first kappa shape index (κ1) is 11.5. The molecule has 6 radical (unpaired) electrons. The van der Waals surface area contributed by atoms with Gasteiger partial charge in [0.15, 0.2) is 0 Å². The zero-order chi connectivity index (χ0) is 11.1. The lowest BCUT2D eigenvalue weighted by Gasteiger charge is -2.08. The summed E-state index contributed by atoms with van der Waals surface area (Å²) >= 11 is 0. The summed E-state index contributed by atoms with van der Waals surface area (Å²) in [5.41, 5.74) is 0. The zero-order valence-corrected chi connectivity index (χ0v) is 8.20. The Hall–Kier alpha value is -1.59. The van der Waals surface area contributed by atoms with E-state index in [1.165, 1.54) is 0 Å². The predicted molar refractivity (Wildman–Crippen MR) is 58.2 cm³/mol. The lowest BCUT2D eigenvalue weighted by Crippen LogP contribution is -2.12. The number of rotatable bonds is 6. The summed E-state index contributed by atoms with van der Waals surface area (Å²) in [4.78, 5) is 12.0. The van der Waals surface area contributed by atoms with Crippen molar-refractivity contribution >= 4 is 17.8 Å². The average molecular weight is 204 g/mol. The van der Waals surface area contributed by atoms with Crippen molar-refractivity contribution in [3.05, 3.63) is 20.8 Å². The maximum Gasteiger partial charge on any atom is 0.229 e. The highest BCUT2D eigenvalue weighted by atomic mass is 15.3. The maximum atomic E-state index is 5.31. The minimum atomic E-state index is 0.230. The molecule has 0 saturated heterocycles. The molecule has 1 aromatic heterocycles. The van der Waals surface area contributed by atoms with E-state index in [4.69, 9.17) is 20.8 Å². The van der Waals surface area contributed by atoms with Crippen LogP contribution in [-0.4, -0.2) is 34.6 Å². The Bertz CT molecular complexity index is 241. The second kappa shape index (κ2) is 6.00. The van der Waals surface area contributed by atoms with Crippen molar-refractivity contribution in [1.29, 1.82) is 0 Å². The normalized spacial score (nSPS) is 9.80. The molecular weight excluding hydrogens is 192 g/mol. The lowest BCUT2D eigenvalue weighted by molar-refractivity contribution is 1.01. The topological polar surface area (TPSA) is 74.8 Å². The molecule has 0 fully saturated rings. The second-order valence-electron chi connectivity index (χ2n) is 2.45. The number of aromatic nitrogens is 3. The molecule has 1 aromatic rings. The van der Waals surface area contributed by atoms with E-state index in [0.29, 0.717) is 17.8 Å². The fourth-order valence-electron chi connectivity index (χ4n) is 0.887. The van der Waals surface area contributed by atoms with Gasteiger partial charge in [0.05, 0.1) is 0 Å². The lowest BCUT2D eigenvalue weighted by atomic mass is 10.7. The summed E-state index contributed by atoms with van der Waals surface area (Å²) in [5, 5.41) is 8.28. The zero-order valence-electron chi connectivity index (χ0n) is 8.20. The highest BCUT2D eigenvalue weighted by molar-refractivity contribution is 5.42. The van der Waals surface area contributed by atoms with Crippen LogP contribution in [0.15, 0.2) is 0 Å². The highest BCUT2D eigenvalue weighted by Gasteiger charge is 2.03. The fourth-order valence-corrected chi connectivity index (χ4v) is 0.887. The van der Waals surface area contributed by atoms with Crippen LogP contribution >= 0.6 is 0 Å². The van der Waals surface area contributed by atoms with Crippen LogP contribution in [0.4, 0.5) is 17.8 Å². The van der Waals surface area contributed by atoms with E-state index < -0.39 is 0 Å². The third kappa shape index (κ3) is 3.57. The first-order chi connectivity index (χ1) is 7.30. The van der Waals surface area contributed by atoms with Gasteiger partial charge in [-0.15, -0.1) is 0 Å². The Morgan fingerprint density at radius 1 is 0.667 bits per heavy atom. The summed E-state index contributed by atoms with van der Waals surface area (Å²) < 4.78 is 0. The number of nitrogens with zero attached hydrogens (tertiary/aromatic N) is 3. The molecule has 78 valence electrons. The summed E-state index contributed by atoms with van der Waals surface area (Å²) in [7, 11) is 0. The Morgan fingerprint density at radius 2 is 0.933 bits per heavy atom. The van der Waals surface area contributed by atoms with Crippen molar-refractivity contribution < 1.29 is 0 Å². The van der Waals surface area contributed by atoms with Crippen LogP contribution in [0.2, 0.25) is 0 Å². The van der Waals surface area contributed by atoms with Gasteiger partial charge >= 0.3 is 0 Å². The van der Waals surface area contributed by atoms with E-state index in [0.717, 1.165) is 0 Å². The first-order valence-corrected chi connectivity index (χ1v) is 4.38. The third-order valence-corrected chi connectivity index (χ3v) is 1.42. The molecule has 0 unspecified atom stereocenters. The fraction of sp³-hybridized carbons (Fsp3) is 0.333. The van der Waals surface area contributed by atoms with Crippen molar-refractivity contribution in [2.24, 2.45) is 0 Å². The maximum absolute atomic E-state index is 5.31. The van der Waals surface area contributed by atoms with Crippen molar-refractivity contribution in [1.82, 2.24) is 15.0 Å². The van der Waals surface area contributed by atoms with Crippen LogP contribution in [0.1, 0.15) is 0 Å². The molecule has 0 aliphatic heterocycles. The number of hydrogen-bond donors (Lipinski definition) is 3. The van der Waals surface area contributed by atoms with Crippen LogP contribution in [-0.2, 0) is 0 Å². The van der Waals surface area contributed by atoms with Gasteiger partial charge in [0.2, 0.25) is 17.8 Å². The van der Waals surface area contributed by atoms with Gasteiger partial charge in [-0.1, -0.05) is 0 Å². The summed E-state index contributed by atoms with van der Waals surface area (Å²) in [5.74, 6) is 1.08. The van der Waals surface area contributed by atoms with Gasteiger partial charge in [-0.3, -0.25) is 0 Å². The highest BCUT2D eigenvalue weighted by Crippen LogP contribution is 2.08.